The first-order chi connectivity index (χ1) is 9.91. The minimum absolute atomic E-state index is 0.00687. The summed E-state index contributed by atoms with van der Waals surface area (Å²) in [6.07, 6.45) is -3.05. The van der Waals surface area contributed by atoms with Crippen molar-refractivity contribution in [2.24, 2.45) is 0 Å². The first kappa shape index (κ1) is 13.7. The predicted octanol–water partition coefficient (Wildman–Crippen LogP) is 0.946. The highest BCUT2D eigenvalue weighted by Gasteiger charge is 2.51. The molecule has 0 amide bonds. The lowest BCUT2D eigenvalue weighted by Gasteiger charge is -2.40. The zero-order valence-electron chi connectivity index (χ0n) is 10.8. The summed E-state index contributed by atoms with van der Waals surface area (Å²) in [7, 11) is 0. The largest absolute Gasteiger partial charge is 0.508 e. The van der Waals surface area contributed by atoms with Crippen LogP contribution < -0.4 is 4.74 Å². The summed E-state index contributed by atoms with van der Waals surface area (Å²) in [4.78, 5) is 0. The van der Waals surface area contributed by atoms with Crippen molar-refractivity contribution in [1.29, 1.82) is 0 Å². The lowest BCUT2D eigenvalue weighted by atomic mass is 9.88. The quantitative estimate of drug-likeness (QED) is 0.500. The summed E-state index contributed by atoms with van der Waals surface area (Å²) in [5.74, 6) is -3.36. The van der Waals surface area contributed by atoms with E-state index in [2.05, 4.69) is 0 Å². The van der Waals surface area contributed by atoms with Crippen LogP contribution in [0.25, 0.3) is 0 Å². The maximum atomic E-state index is 10.2. The third kappa shape index (κ3) is 2.09. The van der Waals surface area contributed by atoms with Gasteiger partial charge in [0.05, 0.1) is 5.56 Å². The van der Waals surface area contributed by atoms with Gasteiger partial charge in [-0.3, -0.25) is 0 Å². The van der Waals surface area contributed by atoms with E-state index in [1.165, 1.54) is 6.07 Å². The van der Waals surface area contributed by atoms with Crippen LogP contribution >= 0.6 is 0 Å². The van der Waals surface area contributed by atoms with Crippen LogP contribution in [0.1, 0.15) is 23.3 Å². The molecule has 1 aliphatic rings. The molecule has 0 spiro atoms. The fraction of sp³-hybridized carbons (Fsp3) is 0.200. The van der Waals surface area contributed by atoms with Crippen molar-refractivity contribution in [2.45, 2.75) is 18.0 Å². The maximum Gasteiger partial charge on any atom is 0.236 e. The van der Waals surface area contributed by atoms with Crippen LogP contribution in [-0.4, -0.2) is 31.3 Å². The Morgan fingerprint density at radius 2 is 1.67 bits per heavy atom. The Bertz CT molecular complexity index is 667. The number of hydrogen-bond donors (Lipinski definition) is 5. The van der Waals surface area contributed by atoms with Crippen LogP contribution in [0.5, 0.6) is 17.2 Å². The van der Waals surface area contributed by atoms with E-state index in [9.17, 15) is 25.5 Å². The van der Waals surface area contributed by atoms with Gasteiger partial charge < -0.3 is 30.3 Å². The summed E-state index contributed by atoms with van der Waals surface area (Å²) in [6.45, 7) is 0. The van der Waals surface area contributed by atoms with E-state index in [-0.39, 0.29) is 17.1 Å². The molecule has 0 bridgehead atoms. The monoisotopic (exact) mass is 290 g/mol. The van der Waals surface area contributed by atoms with Gasteiger partial charge in [0.1, 0.15) is 23.4 Å². The summed E-state index contributed by atoms with van der Waals surface area (Å²) in [6, 6.07) is 10.6. The molecule has 2 unspecified atom stereocenters. The van der Waals surface area contributed by atoms with E-state index in [0.29, 0.717) is 5.56 Å². The van der Waals surface area contributed by atoms with Gasteiger partial charge >= 0.3 is 0 Å². The molecule has 0 aliphatic carbocycles. The number of fused-ring (bicyclic) bond motifs is 1. The third-order valence-electron chi connectivity index (χ3n) is 3.51. The van der Waals surface area contributed by atoms with E-state index in [1.807, 2.05) is 0 Å². The number of aromatic hydroxyl groups is 2. The lowest BCUT2D eigenvalue weighted by molar-refractivity contribution is -0.283. The van der Waals surface area contributed by atoms with Crippen molar-refractivity contribution in [1.82, 2.24) is 0 Å². The number of aliphatic hydroxyl groups excluding tert-OH is 1. The molecule has 2 aromatic carbocycles. The number of ether oxygens (including phenoxy) is 1. The molecule has 3 rings (SSSR count). The van der Waals surface area contributed by atoms with Gasteiger partial charge in [-0.05, 0) is 5.56 Å². The smallest absolute Gasteiger partial charge is 0.236 e. The lowest BCUT2D eigenvalue weighted by Crippen LogP contribution is -2.47. The van der Waals surface area contributed by atoms with E-state index in [0.717, 1.165) is 6.07 Å². The topological polar surface area (TPSA) is 110 Å². The second kappa shape index (κ2) is 4.63. The van der Waals surface area contributed by atoms with Crippen LogP contribution in [0, 0.1) is 0 Å². The first-order valence-electron chi connectivity index (χ1n) is 6.31. The van der Waals surface area contributed by atoms with Gasteiger partial charge in [0.25, 0.3) is 0 Å². The number of hydrogen-bond acceptors (Lipinski definition) is 6. The molecule has 0 saturated heterocycles. The molecule has 5 N–H and O–H groups in total. The van der Waals surface area contributed by atoms with Crippen molar-refractivity contribution < 1.29 is 30.3 Å². The molecule has 2 atom stereocenters. The maximum absolute atomic E-state index is 10.2. The second-order valence-corrected chi connectivity index (χ2v) is 4.97. The molecule has 6 heteroatoms. The van der Waals surface area contributed by atoms with Crippen molar-refractivity contribution >= 4 is 0 Å². The van der Waals surface area contributed by atoms with Crippen molar-refractivity contribution in [3.63, 3.8) is 0 Å². The van der Waals surface area contributed by atoms with Crippen molar-refractivity contribution in [2.75, 3.05) is 0 Å². The Kier molecular flexibility index (Phi) is 3.02. The third-order valence-corrected chi connectivity index (χ3v) is 3.51. The normalized spacial score (nSPS) is 23.2. The van der Waals surface area contributed by atoms with Crippen molar-refractivity contribution in [3.8, 4) is 17.2 Å². The Hall–Kier alpha value is -2.28. The fourth-order valence-corrected chi connectivity index (χ4v) is 2.48. The van der Waals surface area contributed by atoms with E-state index in [1.54, 1.807) is 30.3 Å². The second-order valence-electron chi connectivity index (χ2n) is 4.97. The predicted molar refractivity (Wildman–Crippen MR) is 71.7 cm³/mol. The molecule has 0 radical (unpaired) electrons. The Balaban J connectivity index is 2.14. The van der Waals surface area contributed by atoms with E-state index < -0.39 is 23.7 Å². The summed E-state index contributed by atoms with van der Waals surface area (Å²) in [5.41, 5.74) is 0.264. The zero-order chi connectivity index (χ0) is 15.2. The van der Waals surface area contributed by atoms with Crippen molar-refractivity contribution in [3.05, 3.63) is 53.6 Å². The molecule has 110 valence electrons. The van der Waals surface area contributed by atoms with Crippen LogP contribution in [0.3, 0.4) is 0 Å². The number of phenolic OH excluding ortho intramolecular Hbond substituents is 2. The van der Waals surface area contributed by atoms with Crippen LogP contribution in [0.2, 0.25) is 0 Å². The highest BCUT2D eigenvalue weighted by atomic mass is 16.6. The average Bonchev–Trinajstić information content (AvgIpc) is 2.43. The molecule has 1 aliphatic heterocycles. The highest BCUT2D eigenvalue weighted by molar-refractivity contribution is 5.53. The van der Waals surface area contributed by atoms with Gasteiger partial charge in [0.15, 0.2) is 6.10 Å². The minimum atomic E-state index is -2.62. The fourth-order valence-electron chi connectivity index (χ4n) is 2.48. The Morgan fingerprint density at radius 3 is 2.33 bits per heavy atom. The first-order valence-corrected chi connectivity index (χ1v) is 6.31. The van der Waals surface area contributed by atoms with Gasteiger partial charge in [-0.2, -0.15) is 0 Å². The van der Waals surface area contributed by atoms with Gasteiger partial charge in [0.2, 0.25) is 5.79 Å². The molecule has 2 aromatic rings. The van der Waals surface area contributed by atoms with Gasteiger partial charge in [-0.1, -0.05) is 30.3 Å². The molecule has 6 nitrogen and oxygen atoms in total. The van der Waals surface area contributed by atoms with Crippen LogP contribution in [0.4, 0.5) is 0 Å². The van der Waals surface area contributed by atoms with Crippen LogP contribution in [-0.2, 0) is 0 Å². The minimum Gasteiger partial charge on any atom is -0.508 e. The zero-order valence-corrected chi connectivity index (χ0v) is 10.8. The number of benzene rings is 2. The average molecular weight is 290 g/mol. The Labute approximate surface area is 120 Å². The SMILES string of the molecule is Oc1cc(O)c2c(c1)OC(c1ccccc1)C(O)(O)C2O. The van der Waals surface area contributed by atoms with E-state index in [4.69, 9.17) is 4.74 Å². The summed E-state index contributed by atoms with van der Waals surface area (Å²) < 4.78 is 5.49. The molecule has 1 heterocycles. The van der Waals surface area contributed by atoms with Gasteiger partial charge in [0, 0.05) is 12.1 Å². The molecular weight excluding hydrogens is 276 g/mol. The number of phenols is 2. The van der Waals surface area contributed by atoms with Crippen LogP contribution in [0.15, 0.2) is 42.5 Å². The van der Waals surface area contributed by atoms with E-state index >= 15 is 0 Å². The molecule has 0 saturated carbocycles. The standard InChI is InChI=1S/C15H14O6/c16-9-6-10(17)12-11(7-9)21-14(15(19,20)13(12)18)8-4-2-1-3-5-8/h1-7,13-14,16-20H. The van der Waals surface area contributed by atoms with Gasteiger partial charge in [-0.25, -0.2) is 0 Å². The van der Waals surface area contributed by atoms with Gasteiger partial charge in [-0.15, -0.1) is 0 Å². The molecular formula is C15H14O6. The number of aliphatic hydroxyl groups is 3. The molecule has 21 heavy (non-hydrogen) atoms. The number of rotatable bonds is 1. The highest BCUT2D eigenvalue weighted by Crippen LogP contribution is 2.50. The molecule has 0 fully saturated rings. The Morgan fingerprint density at radius 1 is 1.00 bits per heavy atom. The summed E-state index contributed by atoms with van der Waals surface area (Å²) in [5, 5.41) is 49.8. The summed E-state index contributed by atoms with van der Waals surface area (Å²) >= 11 is 0. The molecule has 0 aromatic heterocycles.